The number of carboxylic acids is 1. The fourth-order valence-electron chi connectivity index (χ4n) is 2.04. The van der Waals surface area contributed by atoms with Crippen LogP contribution in [-0.4, -0.2) is 23.7 Å². The molecular weight excluding hydrogens is 299 g/mol. The maximum absolute atomic E-state index is 13.4. The van der Waals surface area contributed by atoms with E-state index in [0.717, 1.165) is 6.07 Å². The Morgan fingerprint density at radius 2 is 2.14 bits per heavy atom. The van der Waals surface area contributed by atoms with Gasteiger partial charge in [0.15, 0.2) is 5.41 Å². The minimum atomic E-state index is -2.02. The van der Waals surface area contributed by atoms with Crippen molar-refractivity contribution in [3.8, 4) is 0 Å². The summed E-state index contributed by atoms with van der Waals surface area (Å²) in [5, 5.41) is 9.62. The number of carbonyl (C=O) groups is 2. The Labute approximate surface area is 127 Å². The lowest BCUT2D eigenvalue weighted by molar-refractivity contribution is -0.161. The van der Waals surface area contributed by atoms with Gasteiger partial charge in [-0.1, -0.05) is 29.3 Å². The molecule has 1 atom stereocenters. The van der Waals surface area contributed by atoms with E-state index in [0.29, 0.717) is 5.57 Å². The molecule has 0 aliphatic rings. The number of hydrogen-bond donors (Lipinski definition) is 1. The van der Waals surface area contributed by atoms with E-state index < -0.39 is 23.2 Å². The van der Waals surface area contributed by atoms with Gasteiger partial charge in [-0.25, -0.2) is 4.39 Å². The number of esters is 1. The van der Waals surface area contributed by atoms with Gasteiger partial charge in [0.25, 0.3) is 0 Å². The quantitative estimate of drug-likeness (QED) is 0.646. The molecule has 6 heteroatoms. The first-order chi connectivity index (χ1) is 9.88. The van der Waals surface area contributed by atoms with Gasteiger partial charge < -0.3 is 9.84 Å². The molecule has 0 aliphatic carbocycles. The summed E-state index contributed by atoms with van der Waals surface area (Å²) < 4.78 is 18.3. The van der Waals surface area contributed by atoms with Crippen LogP contribution in [0, 0.1) is 5.82 Å². The highest BCUT2D eigenvalue weighted by Gasteiger charge is 2.49. The zero-order chi connectivity index (χ0) is 16.0. The molecule has 0 bridgehead atoms. The summed E-state index contributed by atoms with van der Waals surface area (Å²) in [6.45, 7) is 3.18. The summed E-state index contributed by atoms with van der Waals surface area (Å²) >= 11 is 5.58. The summed E-state index contributed by atoms with van der Waals surface area (Å²) in [6.07, 6.45) is -0.200. The second-order valence-corrected chi connectivity index (χ2v) is 4.79. The number of carbonyl (C=O) groups excluding carboxylic acids is 1. The van der Waals surface area contributed by atoms with Gasteiger partial charge in [-0.3, -0.25) is 9.59 Å². The number of halogens is 2. The van der Waals surface area contributed by atoms with Crippen LogP contribution in [-0.2, 0) is 19.7 Å². The minimum Gasteiger partial charge on any atom is -0.480 e. The van der Waals surface area contributed by atoms with E-state index in [2.05, 4.69) is 0 Å². The molecule has 21 heavy (non-hydrogen) atoms. The topological polar surface area (TPSA) is 63.6 Å². The SMILES string of the molecule is CCOC(=O)C(C/C(C)=C/Cl)(C(=O)O)c1cccc(F)c1. The largest absolute Gasteiger partial charge is 0.480 e. The molecule has 1 N–H and O–H groups in total. The van der Waals surface area contributed by atoms with E-state index in [1.54, 1.807) is 13.8 Å². The average molecular weight is 315 g/mol. The lowest BCUT2D eigenvalue weighted by Gasteiger charge is -2.28. The third-order valence-electron chi connectivity index (χ3n) is 3.04. The molecule has 1 aromatic carbocycles. The number of hydrogen-bond acceptors (Lipinski definition) is 3. The molecule has 1 rings (SSSR count). The molecule has 0 saturated carbocycles. The molecule has 4 nitrogen and oxygen atoms in total. The maximum atomic E-state index is 13.4. The van der Waals surface area contributed by atoms with E-state index in [9.17, 15) is 19.1 Å². The second-order valence-electron chi connectivity index (χ2n) is 4.57. The number of aliphatic carboxylic acids is 1. The van der Waals surface area contributed by atoms with E-state index in [-0.39, 0.29) is 18.6 Å². The first-order valence-corrected chi connectivity index (χ1v) is 6.74. The Bertz CT molecular complexity index is 571. The number of allylic oxidation sites excluding steroid dienone is 1. The number of carboxylic acid groups (broad SMARTS) is 1. The van der Waals surface area contributed by atoms with Crippen LogP contribution >= 0.6 is 11.6 Å². The van der Waals surface area contributed by atoms with Crippen molar-refractivity contribution in [1.29, 1.82) is 0 Å². The third-order valence-corrected chi connectivity index (χ3v) is 3.41. The maximum Gasteiger partial charge on any atom is 0.328 e. The van der Waals surface area contributed by atoms with Crippen molar-refractivity contribution in [2.45, 2.75) is 25.7 Å². The summed E-state index contributed by atoms with van der Waals surface area (Å²) in [4.78, 5) is 24.1. The Balaban J connectivity index is 3.50. The van der Waals surface area contributed by atoms with Gasteiger partial charge in [-0.15, -0.1) is 0 Å². The molecule has 1 aromatic rings. The average Bonchev–Trinajstić information content (AvgIpc) is 2.44. The molecule has 0 aromatic heterocycles. The van der Waals surface area contributed by atoms with Crippen LogP contribution in [0.25, 0.3) is 0 Å². The van der Waals surface area contributed by atoms with Gasteiger partial charge in [0.05, 0.1) is 6.61 Å². The fraction of sp³-hybridized carbons (Fsp3) is 0.333. The molecule has 0 saturated heterocycles. The van der Waals surface area contributed by atoms with Crippen molar-refractivity contribution >= 4 is 23.5 Å². The Hall–Kier alpha value is -1.88. The highest BCUT2D eigenvalue weighted by atomic mass is 35.5. The predicted molar refractivity (Wildman–Crippen MR) is 76.6 cm³/mol. The van der Waals surface area contributed by atoms with E-state index in [1.165, 1.54) is 23.7 Å². The van der Waals surface area contributed by atoms with E-state index >= 15 is 0 Å². The van der Waals surface area contributed by atoms with Crippen molar-refractivity contribution in [2.24, 2.45) is 0 Å². The molecule has 1 unspecified atom stereocenters. The zero-order valence-electron chi connectivity index (χ0n) is 11.7. The van der Waals surface area contributed by atoms with Gasteiger partial charge in [0.1, 0.15) is 5.82 Å². The molecule has 0 fully saturated rings. The highest BCUT2D eigenvalue weighted by Crippen LogP contribution is 2.34. The van der Waals surface area contributed by atoms with Crippen LogP contribution in [0.4, 0.5) is 4.39 Å². The summed E-state index contributed by atoms with van der Waals surface area (Å²) in [7, 11) is 0. The number of benzene rings is 1. The smallest absolute Gasteiger partial charge is 0.328 e. The van der Waals surface area contributed by atoms with Crippen LogP contribution in [0.2, 0.25) is 0 Å². The normalized spacial score (nSPS) is 14.4. The third kappa shape index (κ3) is 3.61. The molecule has 0 amide bonds. The van der Waals surface area contributed by atoms with Crippen molar-refractivity contribution in [2.75, 3.05) is 6.61 Å². The monoisotopic (exact) mass is 314 g/mol. The van der Waals surface area contributed by atoms with Crippen LogP contribution in [0.1, 0.15) is 25.8 Å². The molecule has 0 radical (unpaired) electrons. The first-order valence-electron chi connectivity index (χ1n) is 6.31. The van der Waals surface area contributed by atoms with Crippen molar-refractivity contribution < 1.29 is 23.8 Å². The lowest BCUT2D eigenvalue weighted by Crippen LogP contribution is -2.45. The lowest BCUT2D eigenvalue weighted by atomic mass is 9.75. The standard InChI is InChI=1S/C15H16ClFO4/c1-3-21-14(20)15(13(18)19,8-10(2)9-16)11-5-4-6-12(17)7-11/h4-7,9H,3,8H2,1-2H3,(H,18,19)/b10-9+. The van der Waals surface area contributed by atoms with Crippen LogP contribution in [0.5, 0.6) is 0 Å². The van der Waals surface area contributed by atoms with Gasteiger partial charge in [0, 0.05) is 12.0 Å². The molecule has 0 aliphatic heterocycles. The molecule has 114 valence electrons. The predicted octanol–water partition coefficient (Wildman–Crippen LogP) is 3.24. The molecule has 0 heterocycles. The Morgan fingerprint density at radius 3 is 2.62 bits per heavy atom. The Kier molecular flexibility index (Phi) is 5.90. The van der Waals surface area contributed by atoms with Crippen molar-refractivity contribution in [3.63, 3.8) is 0 Å². The number of rotatable bonds is 6. The van der Waals surface area contributed by atoms with E-state index in [1.807, 2.05) is 0 Å². The van der Waals surface area contributed by atoms with Gasteiger partial charge >= 0.3 is 11.9 Å². The Morgan fingerprint density at radius 1 is 1.48 bits per heavy atom. The fourth-order valence-corrected chi connectivity index (χ4v) is 2.12. The second kappa shape index (κ2) is 7.22. The summed E-state index contributed by atoms with van der Waals surface area (Å²) in [5.41, 5.74) is -0.341. The zero-order valence-corrected chi connectivity index (χ0v) is 12.5. The van der Waals surface area contributed by atoms with Gasteiger partial charge in [0.2, 0.25) is 0 Å². The van der Waals surface area contributed by atoms with Crippen LogP contribution in [0.3, 0.4) is 0 Å². The van der Waals surface area contributed by atoms with E-state index in [4.69, 9.17) is 16.3 Å². The van der Waals surface area contributed by atoms with Crippen molar-refractivity contribution in [3.05, 3.63) is 46.8 Å². The van der Waals surface area contributed by atoms with Crippen LogP contribution in [0.15, 0.2) is 35.4 Å². The van der Waals surface area contributed by atoms with Crippen molar-refractivity contribution in [1.82, 2.24) is 0 Å². The number of ether oxygens (including phenoxy) is 1. The van der Waals surface area contributed by atoms with Gasteiger partial charge in [-0.2, -0.15) is 0 Å². The van der Waals surface area contributed by atoms with Gasteiger partial charge in [-0.05, 0) is 31.5 Å². The van der Waals surface area contributed by atoms with Crippen LogP contribution < -0.4 is 0 Å². The molecule has 0 spiro atoms. The first kappa shape index (κ1) is 17.2. The summed E-state index contributed by atoms with van der Waals surface area (Å²) in [6, 6.07) is 4.93. The summed E-state index contributed by atoms with van der Waals surface area (Å²) in [5.74, 6) is -2.99. The molecular formula is C15H16ClFO4. The minimum absolute atomic E-state index is 0.0197. The highest BCUT2D eigenvalue weighted by molar-refractivity contribution is 6.25.